The Morgan fingerprint density at radius 1 is 1.35 bits per heavy atom. The normalized spacial score (nSPS) is 20.4. The first-order chi connectivity index (χ1) is 10.7. The molecule has 7 heteroatoms. The number of ether oxygens (including phenoxy) is 3. The van der Waals surface area contributed by atoms with Gasteiger partial charge in [0.15, 0.2) is 0 Å². The van der Waals surface area contributed by atoms with Crippen LogP contribution < -0.4 is 15.4 Å². The van der Waals surface area contributed by atoms with Crippen molar-refractivity contribution in [1.29, 1.82) is 0 Å². The molecule has 2 rings (SSSR count). The van der Waals surface area contributed by atoms with Crippen LogP contribution in [0.5, 0.6) is 5.75 Å². The average molecular weight is 345 g/mol. The van der Waals surface area contributed by atoms with E-state index in [0.717, 1.165) is 11.3 Å². The molecule has 1 amide bonds. The molecular weight excluding hydrogens is 320 g/mol. The summed E-state index contributed by atoms with van der Waals surface area (Å²) >= 11 is 0. The number of nitrogens with one attached hydrogen (secondary N) is 2. The van der Waals surface area contributed by atoms with Crippen LogP contribution in [0.2, 0.25) is 0 Å². The first kappa shape index (κ1) is 19.7. The highest BCUT2D eigenvalue weighted by molar-refractivity contribution is 5.85. The lowest BCUT2D eigenvalue weighted by Gasteiger charge is -2.29. The van der Waals surface area contributed by atoms with Crippen LogP contribution in [0.15, 0.2) is 24.3 Å². The molecule has 2 N–H and O–H groups in total. The van der Waals surface area contributed by atoms with Crippen LogP contribution >= 0.6 is 12.4 Å². The van der Waals surface area contributed by atoms with Crippen LogP contribution in [0.25, 0.3) is 0 Å². The molecule has 1 aliphatic rings. The van der Waals surface area contributed by atoms with Gasteiger partial charge < -0.3 is 24.8 Å². The van der Waals surface area contributed by atoms with Gasteiger partial charge in [-0.1, -0.05) is 12.1 Å². The van der Waals surface area contributed by atoms with Crippen molar-refractivity contribution in [3.05, 3.63) is 29.8 Å². The van der Waals surface area contributed by atoms with Crippen molar-refractivity contribution >= 4 is 18.3 Å². The summed E-state index contributed by atoms with van der Waals surface area (Å²) in [4.78, 5) is 12.1. The largest absolute Gasteiger partial charge is 0.491 e. The lowest BCUT2D eigenvalue weighted by Crippen LogP contribution is -2.55. The highest BCUT2D eigenvalue weighted by Crippen LogP contribution is 2.12. The Morgan fingerprint density at radius 2 is 2.09 bits per heavy atom. The third kappa shape index (κ3) is 6.35. The van der Waals surface area contributed by atoms with E-state index in [2.05, 4.69) is 10.6 Å². The Labute approximate surface area is 143 Å². The fourth-order valence-electron chi connectivity index (χ4n) is 2.27. The first-order valence-electron chi connectivity index (χ1n) is 7.54. The van der Waals surface area contributed by atoms with Crippen LogP contribution in [0.4, 0.5) is 0 Å². The topological polar surface area (TPSA) is 68.8 Å². The van der Waals surface area contributed by atoms with E-state index in [4.69, 9.17) is 14.2 Å². The first-order valence-corrected chi connectivity index (χ1v) is 7.54. The van der Waals surface area contributed by atoms with Crippen molar-refractivity contribution in [1.82, 2.24) is 10.6 Å². The maximum absolute atomic E-state index is 12.1. The number of hydrogen-bond donors (Lipinski definition) is 2. The predicted molar refractivity (Wildman–Crippen MR) is 90.1 cm³/mol. The highest BCUT2D eigenvalue weighted by atomic mass is 35.5. The van der Waals surface area contributed by atoms with E-state index in [1.54, 1.807) is 7.11 Å². The molecule has 0 unspecified atom stereocenters. The maximum atomic E-state index is 12.1. The van der Waals surface area contributed by atoms with E-state index in [0.29, 0.717) is 32.9 Å². The molecule has 130 valence electrons. The van der Waals surface area contributed by atoms with E-state index < -0.39 is 0 Å². The van der Waals surface area contributed by atoms with E-state index >= 15 is 0 Å². The molecule has 1 heterocycles. The van der Waals surface area contributed by atoms with E-state index in [9.17, 15) is 4.79 Å². The minimum absolute atomic E-state index is 0. The summed E-state index contributed by atoms with van der Waals surface area (Å²) in [5, 5.41) is 6.10. The predicted octanol–water partition coefficient (Wildman–Crippen LogP) is 1.13. The van der Waals surface area contributed by atoms with Crippen molar-refractivity contribution in [2.24, 2.45) is 0 Å². The van der Waals surface area contributed by atoms with Crippen LogP contribution in [0.3, 0.4) is 0 Å². The second kappa shape index (κ2) is 10.4. The zero-order valence-corrected chi connectivity index (χ0v) is 14.4. The number of benzene rings is 1. The van der Waals surface area contributed by atoms with E-state index in [-0.39, 0.29) is 30.5 Å². The molecule has 1 saturated heterocycles. The number of halogens is 1. The Balaban J connectivity index is 0.00000264. The van der Waals surface area contributed by atoms with Gasteiger partial charge in [0.25, 0.3) is 0 Å². The standard InChI is InChI=1S/C16H24N2O4.ClH/c1-12-15(17-7-8-21-12)16(19)18-11-13-3-5-14(6-4-13)22-10-9-20-2;/h3-6,12,15,17H,7-11H2,1-2H3,(H,18,19);1H/t12-,15+;/m1./s1. The smallest absolute Gasteiger partial charge is 0.240 e. The van der Waals surface area contributed by atoms with Crippen molar-refractivity contribution in [2.75, 3.05) is 33.5 Å². The van der Waals surface area contributed by atoms with Crippen molar-refractivity contribution in [2.45, 2.75) is 25.6 Å². The van der Waals surface area contributed by atoms with E-state index in [1.165, 1.54) is 0 Å². The van der Waals surface area contributed by atoms with E-state index in [1.807, 2.05) is 31.2 Å². The highest BCUT2D eigenvalue weighted by Gasteiger charge is 2.27. The number of methoxy groups -OCH3 is 1. The Bertz CT molecular complexity index is 470. The number of amides is 1. The molecule has 0 bridgehead atoms. The van der Waals surface area contributed by atoms with Gasteiger partial charge in [0.05, 0.1) is 19.3 Å². The monoisotopic (exact) mass is 344 g/mol. The van der Waals surface area contributed by atoms with Gasteiger partial charge >= 0.3 is 0 Å². The van der Waals surface area contributed by atoms with Gasteiger partial charge in [-0.25, -0.2) is 0 Å². The molecule has 1 fully saturated rings. The number of hydrogen-bond acceptors (Lipinski definition) is 5. The molecule has 1 aliphatic heterocycles. The fraction of sp³-hybridized carbons (Fsp3) is 0.562. The summed E-state index contributed by atoms with van der Waals surface area (Å²) in [6.07, 6.45) is -0.106. The summed E-state index contributed by atoms with van der Waals surface area (Å²) in [6, 6.07) is 7.38. The third-order valence-corrected chi connectivity index (χ3v) is 3.55. The summed E-state index contributed by atoms with van der Waals surface area (Å²) in [7, 11) is 1.64. The minimum atomic E-state index is -0.287. The van der Waals surface area contributed by atoms with Gasteiger partial charge in [0, 0.05) is 20.2 Å². The Kier molecular flexibility index (Phi) is 8.94. The average Bonchev–Trinajstić information content (AvgIpc) is 2.54. The molecule has 2 atom stereocenters. The Morgan fingerprint density at radius 3 is 2.74 bits per heavy atom. The summed E-state index contributed by atoms with van der Waals surface area (Å²) in [6.45, 7) is 4.83. The van der Waals surface area contributed by atoms with Gasteiger partial charge in [-0.2, -0.15) is 0 Å². The van der Waals surface area contributed by atoms with Crippen LogP contribution in [-0.4, -0.2) is 51.5 Å². The van der Waals surface area contributed by atoms with Gasteiger partial charge in [-0.05, 0) is 24.6 Å². The lowest BCUT2D eigenvalue weighted by molar-refractivity contribution is -0.129. The molecule has 0 radical (unpaired) electrons. The van der Waals surface area contributed by atoms with Crippen molar-refractivity contribution < 1.29 is 19.0 Å². The maximum Gasteiger partial charge on any atom is 0.240 e. The summed E-state index contributed by atoms with van der Waals surface area (Å²) in [5.41, 5.74) is 1.02. The van der Waals surface area contributed by atoms with Crippen LogP contribution in [-0.2, 0) is 20.8 Å². The molecule has 0 saturated carbocycles. The zero-order valence-electron chi connectivity index (χ0n) is 13.5. The van der Waals surface area contributed by atoms with Crippen molar-refractivity contribution in [3.8, 4) is 5.75 Å². The van der Waals surface area contributed by atoms with Gasteiger partial charge in [-0.15, -0.1) is 12.4 Å². The van der Waals surface area contributed by atoms with Gasteiger partial charge in [-0.3, -0.25) is 4.79 Å². The zero-order chi connectivity index (χ0) is 15.8. The number of carbonyl (C=O) groups is 1. The molecular formula is C16H25ClN2O4. The third-order valence-electron chi connectivity index (χ3n) is 3.55. The molecule has 0 spiro atoms. The quantitative estimate of drug-likeness (QED) is 0.726. The molecule has 6 nitrogen and oxygen atoms in total. The van der Waals surface area contributed by atoms with Gasteiger partial charge in [0.1, 0.15) is 18.4 Å². The molecule has 0 aliphatic carbocycles. The summed E-state index contributed by atoms with van der Waals surface area (Å²) in [5.74, 6) is 0.760. The molecule has 23 heavy (non-hydrogen) atoms. The lowest BCUT2D eigenvalue weighted by atomic mass is 10.1. The molecule has 0 aromatic heterocycles. The van der Waals surface area contributed by atoms with Crippen molar-refractivity contribution in [3.63, 3.8) is 0 Å². The fourth-order valence-corrected chi connectivity index (χ4v) is 2.27. The number of rotatable bonds is 7. The minimum Gasteiger partial charge on any atom is -0.491 e. The second-order valence-electron chi connectivity index (χ2n) is 5.21. The van der Waals surface area contributed by atoms with Crippen LogP contribution in [0.1, 0.15) is 12.5 Å². The summed E-state index contributed by atoms with van der Waals surface area (Å²) < 4.78 is 15.9. The molecule has 1 aromatic rings. The van der Waals surface area contributed by atoms with Gasteiger partial charge in [0.2, 0.25) is 5.91 Å². The number of morpholine rings is 1. The Hall–Kier alpha value is -1.34. The second-order valence-corrected chi connectivity index (χ2v) is 5.21. The molecule has 1 aromatic carbocycles. The number of carbonyl (C=O) groups excluding carboxylic acids is 1. The van der Waals surface area contributed by atoms with Crippen LogP contribution in [0, 0.1) is 0 Å². The SMILES string of the molecule is COCCOc1ccc(CNC(=O)[C@H]2NCCO[C@@H]2C)cc1.Cl.